The van der Waals surface area contributed by atoms with Gasteiger partial charge in [-0.3, -0.25) is 13.9 Å². The molecule has 252 valence electrons. The molecule has 1 heterocycles. The number of benzene rings is 4. The number of nitrogens with zero attached hydrogens (tertiary/aromatic N) is 2. The Hall–Kier alpha value is -4.90. The van der Waals surface area contributed by atoms with Crippen molar-refractivity contribution in [3.63, 3.8) is 0 Å². The van der Waals surface area contributed by atoms with E-state index in [0.29, 0.717) is 18.8 Å². The number of rotatable bonds is 13. The number of nitrogens with one attached hydrogen (secondary N) is 1. The minimum absolute atomic E-state index is 0.0538. The lowest BCUT2D eigenvalue weighted by atomic mass is 10.0. The Morgan fingerprint density at radius 1 is 0.896 bits per heavy atom. The van der Waals surface area contributed by atoms with E-state index in [4.69, 9.17) is 9.47 Å². The number of anilines is 1. The van der Waals surface area contributed by atoms with Crippen LogP contribution in [-0.2, 0) is 32.6 Å². The van der Waals surface area contributed by atoms with Gasteiger partial charge in [0.2, 0.25) is 11.8 Å². The molecule has 1 N–H and O–H groups in total. The first-order valence-corrected chi connectivity index (χ1v) is 17.4. The van der Waals surface area contributed by atoms with E-state index in [1.54, 1.807) is 0 Å². The third-order valence-electron chi connectivity index (χ3n) is 8.37. The van der Waals surface area contributed by atoms with Crippen molar-refractivity contribution in [2.24, 2.45) is 0 Å². The Morgan fingerprint density at radius 3 is 2.25 bits per heavy atom. The van der Waals surface area contributed by atoms with E-state index in [2.05, 4.69) is 5.32 Å². The topological polar surface area (TPSA) is 105 Å². The van der Waals surface area contributed by atoms with Crippen molar-refractivity contribution < 1.29 is 31.9 Å². The van der Waals surface area contributed by atoms with Crippen molar-refractivity contribution in [1.29, 1.82) is 0 Å². The minimum Gasteiger partial charge on any atom is -0.486 e. The predicted octanol–water partition coefficient (Wildman–Crippen LogP) is 5.66. The van der Waals surface area contributed by atoms with Gasteiger partial charge in [-0.2, -0.15) is 0 Å². The molecule has 1 aliphatic rings. The summed E-state index contributed by atoms with van der Waals surface area (Å²) in [6.07, 6.45) is 0.883. The van der Waals surface area contributed by atoms with Crippen LogP contribution < -0.4 is 19.1 Å². The lowest BCUT2D eigenvalue weighted by molar-refractivity contribution is -0.140. The molecule has 0 bridgehead atoms. The molecule has 0 unspecified atom stereocenters. The van der Waals surface area contributed by atoms with E-state index < -0.39 is 34.3 Å². The van der Waals surface area contributed by atoms with Crippen molar-refractivity contribution in [2.45, 2.75) is 57.1 Å². The molecule has 11 heteroatoms. The largest absolute Gasteiger partial charge is 0.486 e. The summed E-state index contributed by atoms with van der Waals surface area (Å²) in [5.74, 6) is -0.849. The maximum Gasteiger partial charge on any atom is 0.264 e. The molecule has 9 nitrogen and oxygen atoms in total. The van der Waals surface area contributed by atoms with Gasteiger partial charge in [-0.05, 0) is 73.4 Å². The number of sulfonamides is 1. The maximum atomic E-state index is 14.6. The summed E-state index contributed by atoms with van der Waals surface area (Å²) in [5.41, 5.74) is 2.64. The van der Waals surface area contributed by atoms with E-state index in [0.717, 1.165) is 33.1 Å². The van der Waals surface area contributed by atoms with E-state index in [1.165, 1.54) is 35.2 Å². The first kappa shape index (κ1) is 34.4. The Kier molecular flexibility index (Phi) is 11.0. The fourth-order valence-corrected chi connectivity index (χ4v) is 6.84. The predicted molar refractivity (Wildman–Crippen MR) is 182 cm³/mol. The van der Waals surface area contributed by atoms with Gasteiger partial charge in [0.25, 0.3) is 10.0 Å². The van der Waals surface area contributed by atoms with Crippen molar-refractivity contribution in [3.8, 4) is 11.5 Å². The fraction of sp³-hybridized carbons (Fsp3) is 0.297. The molecule has 0 saturated carbocycles. The van der Waals surface area contributed by atoms with Crippen molar-refractivity contribution in [2.75, 3.05) is 24.1 Å². The van der Waals surface area contributed by atoms with Crippen molar-refractivity contribution in [1.82, 2.24) is 10.2 Å². The SMILES string of the molecule is CC[C@@H](C)NC(=O)[C@H](Cc1ccccc1)N(Cc1ccccc1C)C(=O)CN(c1ccc(F)cc1)S(=O)(=O)c1ccc2c(c1)OCCO2. The van der Waals surface area contributed by atoms with Crippen LogP contribution in [0.25, 0.3) is 0 Å². The molecule has 48 heavy (non-hydrogen) atoms. The van der Waals surface area contributed by atoms with Crippen LogP contribution in [0.4, 0.5) is 10.1 Å². The van der Waals surface area contributed by atoms with Gasteiger partial charge in [0.05, 0.1) is 10.6 Å². The highest BCUT2D eigenvalue weighted by atomic mass is 32.2. The third kappa shape index (κ3) is 8.14. The van der Waals surface area contributed by atoms with Gasteiger partial charge in [0, 0.05) is 25.1 Å². The highest BCUT2D eigenvalue weighted by Gasteiger charge is 2.35. The third-order valence-corrected chi connectivity index (χ3v) is 10.1. The zero-order valence-corrected chi connectivity index (χ0v) is 28.1. The average molecular weight is 674 g/mol. The van der Waals surface area contributed by atoms with E-state index in [-0.39, 0.29) is 47.9 Å². The Morgan fingerprint density at radius 2 is 1.56 bits per heavy atom. The van der Waals surface area contributed by atoms with Gasteiger partial charge in [-0.15, -0.1) is 0 Å². The molecule has 4 aromatic carbocycles. The lowest BCUT2D eigenvalue weighted by Gasteiger charge is -2.34. The summed E-state index contributed by atoms with van der Waals surface area (Å²) in [5, 5.41) is 3.03. The second-order valence-electron chi connectivity index (χ2n) is 11.8. The summed E-state index contributed by atoms with van der Waals surface area (Å²) in [7, 11) is -4.41. The molecule has 0 spiro atoms. The number of halogens is 1. The molecule has 0 radical (unpaired) electrons. The molecular weight excluding hydrogens is 633 g/mol. The zero-order chi connectivity index (χ0) is 34.3. The summed E-state index contributed by atoms with van der Waals surface area (Å²) in [4.78, 5) is 29.9. The van der Waals surface area contributed by atoms with Crippen LogP contribution in [0.2, 0.25) is 0 Å². The highest BCUT2D eigenvalue weighted by Crippen LogP contribution is 2.34. The van der Waals surface area contributed by atoms with Crippen LogP contribution in [0.5, 0.6) is 11.5 Å². The number of ether oxygens (including phenoxy) is 2. The average Bonchev–Trinajstić information content (AvgIpc) is 3.09. The molecule has 0 fully saturated rings. The quantitative estimate of drug-likeness (QED) is 0.197. The molecule has 2 amide bonds. The Bertz CT molecular complexity index is 1840. The molecule has 2 atom stereocenters. The molecule has 0 saturated heterocycles. The summed E-state index contributed by atoms with van der Waals surface area (Å²) >= 11 is 0. The molecular formula is C37H40FN3O6S. The lowest BCUT2D eigenvalue weighted by Crippen LogP contribution is -2.54. The number of fused-ring (bicyclic) bond motifs is 1. The van der Waals surface area contributed by atoms with Crippen molar-refractivity contribution >= 4 is 27.5 Å². The molecule has 4 aromatic rings. The van der Waals surface area contributed by atoms with Crippen LogP contribution in [0.3, 0.4) is 0 Å². The van der Waals surface area contributed by atoms with Gasteiger partial charge in [-0.25, -0.2) is 12.8 Å². The van der Waals surface area contributed by atoms with Crippen LogP contribution in [-0.4, -0.2) is 57.0 Å². The number of aryl methyl sites for hydroxylation is 1. The maximum absolute atomic E-state index is 14.6. The smallest absolute Gasteiger partial charge is 0.264 e. The highest BCUT2D eigenvalue weighted by molar-refractivity contribution is 7.92. The van der Waals surface area contributed by atoms with Crippen LogP contribution in [0, 0.1) is 12.7 Å². The summed E-state index contributed by atoms with van der Waals surface area (Å²) in [6, 6.07) is 24.9. The first-order chi connectivity index (χ1) is 23.1. The number of carbonyl (C=O) groups excluding carboxylic acids is 2. The van der Waals surface area contributed by atoms with E-state index in [1.807, 2.05) is 75.4 Å². The van der Waals surface area contributed by atoms with Crippen LogP contribution >= 0.6 is 0 Å². The van der Waals surface area contributed by atoms with Gasteiger partial charge >= 0.3 is 0 Å². The molecule has 0 aliphatic carbocycles. The number of carbonyl (C=O) groups is 2. The van der Waals surface area contributed by atoms with E-state index >= 15 is 0 Å². The number of amides is 2. The van der Waals surface area contributed by atoms with Gasteiger partial charge in [-0.1, -0.05) is 61.5 Å². The summed E-state index contributed by atoms with van der Waals surface area (Å²) < 4.78 is 54.9. The van der Waals surface area contributed by atoms with Gasteiger partial charge in [0.15, 0.2) is 11.5 Å². The van der Waals surface area contributed by atoms with Gasteiger partial charge < -0.3 is 19.7 Å². The molecule has 1 aliphatic heterocycles. The van der Waals surface area contributed by atoms with Gasteiger partial charge in [0.1, 0.15) is 31.6 Å². The number of hydrogen-bond acceptors (Lipinski definition) is 6. The number of hydrogen-bond donors (Lipinski definition) is 1. The second kappa shape index (κ2) is 15.3. The van der Waals surface area contributed by atoms with Crippen LogP contribution in [0.15, 0.2) is 102 Å². The van der Waals surface area contributed by atoms with Crippen LogP contribution in [0.1, 0.15) is 37.0 Å². The minimum atomic E-state index is -4.41. The fourth-order valence-electron chi connectivity index (χ4n) is 5.41. The standard InChI is InChI=1S/C37H40FN3O6S/c1-4-27(3)39-37(43)33(22-28-11-6-5-7-12-28)40(24-29-13-9-8-10-26(29)2)36(42)25-41(31-16-14-30(38)15-17-31)48(44,45)32-18-19-34-35(23-32)47-21-20-46-34/h5-19,23,27,33H,4,20-22,24-25H2,1-3H3,(H,39,43)/t27-,33+/m1/s1. The second-order valence-corrected chi connectivity index (χ2v) is 13.6. The Balaban J connectivity index is 1.58. The van der Waals surface area contributed by atoms with Crippen molar-refractivity contribution in [3.05, 3.63) is 120 Å². The monoisotopic (exact) mass is 673 g/mol. The zero-order valence-electron chi connectivity index (χ0n) is 27.3. The molecule has 0 aromatic heterocycles. The normalized spacial score (nSPS) is 13.7. The van der Waals surface area contributed by atoms with E-state index in [9.17, 15) is 22.4 Å². The summed E-state index contributed by atoms with van der Waals surface area (Å²) in [6.45, 7) is 5.75. The molecule has 5 rings (SSSR count). The Labute approximate surface area is 281 Å². The first-order valence-electron chi connectivity index (χ1n) is 15.9.